The maximum Gasteiger partial charge on any atom is 0.142 e. The van der Waals surface area contributed by atoms with Crippen LogP contribution in [0.2, 0.25) is 0 Å². The van der Waals surface area contributed by atoms with E-state index in [1.54, 1.807) is 6.20 Å². The molecule has 1 aromatic heterocycles. The van der Waals surface area contributed by atoms with E-state index in [1.165, 1.54) is 5.56 Å². The van der Waals surface area contributed by atoms with Gasteiger partial charge in [-0.25, -0.2) is 0 Å². The Morgan fingerprint density at radius 3 is 3.29 bits per heavy atom. The van der Waals surface area contributed by atoms with E-state index >= 15 is 0 Å². The summed E-state index contributed by atoms with van der Waals surface area (Å²) in [4.78, 5) is 4.28. The molecule has 0 spiro atoms. The first-order valence-electron chi connectivity index (χ1n) is 4.38. The highest BCUT2D eigenvalue weighted by Gasteiger charge is 2.15. The number of hydrogen-bond donors (Lipinski definition) is 0. The van der Waals surface area contributed by atoms with Crippen LogP contribution in [0, 0.1) is 0 Å². The topological polar surface area (TPSA) is 22.1 Å². The molecule has 0 atom stereocenters. The van der Waals surface area contributed by atoms with Gasteiger partial charge in [-0.15, -0.1) is 0 Å². The fourth-order valence-electron chi connectivity index (χ4n) is 1.41. The van der Waals surface area contributed by atoms with Crippen LogP contribution in [0.25, 0.3) is 5.76 Å². The van der Waals surface area contributed by atoms with Crippen molar-refractivity contribution >= 4 is 21.7 Å². The molecule has 1 aliphatic rings. The van der Waals surface area contributed by atoms with Crippen LogP contribution in [-0.2, 0) is 11.2 Å². The molecule has 0 saturated carbocycles. The van der Waals surface area contributed by atoms with Crippen molar-refractivity contribution < 1.29 is 4.74 Å². The summed E-state index contributed by atoms with van der Waals surface area (Å²) in [7, 11) is 0. The van der Waals surface area contributed by atoms with Gasteiger partial charge in [-0.05, 0) is 24.1 Å². The molecule has 0 bridgehead atoms. The van der Waals surface area contributed by atoms with E-state index < -0.39 is 0 Å². The van der Waals surface area contributed by atoms with Gasteiger partial charge in [0.25, 0.3) is 0 Å². The van der Waals surface area contributed by atoms with Gasteiger partial charge in [0.15, 0.2) is 0 Å². The Labute approximate surface area is 91.4 Å². The summed E-state index contributed by atoms with van der Waals surface area (Å²) < 4.78 is 6.38. The highest BCUT2D eigenvalue weighted by molar-refractivity contribution is 9.11. The second kappa shape index (κ2) is 3.96. The zero-order valence-corrected chi connectivity index (χ0v) is 9.25. The van der Waals surface area contributed by atoms with Gasteiger partial charge in [0.2, 0.25) is 0 Å². The summed E-state index contributed by atoms with van der Waals surface area (Å²) in [6.07, 6.45) is 4.74. The maximum absolute atomic E-state index is 5.54. The van der Waals surface area contributed by atoms with Gasteiger partial charge < -0.3 is 4.74 Å². The normalized spacial score (nSPS) is 13.4. The highest BCUT2D eigenvalue weighted by Crippen LogP contribution is 2.26. The van der Waals surface area contributed by atoms with Gasteiger partial charge in [-0.3, -0.25) is 4.98 Å². The second-order valence-electron chi connectivity index (χ2n) is 3.09. The molecule has 1 aromatic rings. The lowest BCUT2D eigenvalue weighted by Crippen LogP contribution is -1.95. The van der Waals surface area contributed by atoms with E-state index in [-0.39, 0.29) is 0 Å². The SMILES string of the molecule is C=C(Br)COC1=CCc2cccnc21. The Bertz CT molecular complexity index is 398. The predicted molar refractivity (Wildman–Crippen MR) is 59.9 cm³/mol. The van der Waals surface area contributed by atoms with Crippen molar-refractivity contribution in [3.05, 3.63) is 46.7 Å². The first-order chi connectivity index (χ1) is 6.77. The molecule has 0 aromatic carbocycles. The quantitative estimate of drug-likeness (QED) is 0.825. The molecule has 0 aliphatic heterocycles. The number of nitrogens with zero attached hydrogens (tertiary/aromatic N) is 1. The Hall–Kier alpha value is -1.09. The third kappa shape index (κ3) is 1.87. The monoisotopic (exact) mass is 251 g/mol. The minimum Gasteiger partial charge on any atom is -0.486 e. The smallest absolute Gasteiger partial charge is 0.142 e. The summed E-state index contributed by atoms with van der Waals surface area (Å²) in [5.74, 6) is 0.862. The molecule has 0 unspecified atom stereocenters. The first kappa shape index (κ1) is 9.46. The average Bonchev–Trinajstić information content (AvgIpc) is 2.58. The minimum atomic E-state index is 0.488. The average molecular weight is 252 g/mol. The van der Waals surface area contributed by atoms with Crippen LogP contribution < -0.4 is 0 Å². The molecule has 72 valence electrons. The fourth-order valence-corrected chi connectivity index (χ4v) is 1.52. The van der Waals surface area contributed by atoms with Crippen molar-refractivity contribution in [3.63, 3.8) is 0 Å². The zero-order valence-electron chi connectivity index (χ0n) is 7.66. The summed E-state index contributed by atoms with van der Waals surface area (Å²) in [6, 6.07) is 4.01. The molecule has 1 aliphatic carbocycles. The van der Waals surface area contributed by atoms with E-state index in [0.717, 1.165) is 22.4 Å². The molecular formula is C11H10BrNO. The standard InChI is InChI=1S/C11H10BrNO/c1-8(12)7-14-10-5-4-9-3-2-6-13-11(9)10/h2-3,5-6H,1,4,7H2. The number of rotatable bonds is 3. The fraction of sp³-hybridized carbons (Fsp3) is 0.182. The molecule has 2 nitrogen and oxygen atoms in total. The number of hydrogen-bond acceptors (Lipinski definition) is 2. The van der Waals surface area contributed by atoms with Crippen molar-refractivity contribution in [3.8, 4) is 0 Å². The van der Waals surface area contributed by atoms with Crippen molar-refractivity contribution in [2.45, 2.75) is 6.42 Å². The van der Waals surface area contributed by atoms with E-state index in [9.17, 15) is 0 Å². The lowest BCUT2D eigenvalue weighted by Gasteiger charge is -2.06. The highest BCUT2D eigenvalue weighted by atomic mass is 79.9. The molecular weight excluding hydrogens is 242 g/mol. The maximum atomic E-state index is 5.54. The predicted octanol–water partition coefficient (Wildman–Crippen LogP) is 2.90. The van der Waals surface area contributed by atoms with Gasteiger partial charge in [-0.1, -0.05) is 28.6 Å². The van der Waals surface area contributed by atoms with Crippen LogP contribution in [0.4, 0.5) is 0 Å². The summed E-state index contributed by atoms with van der Waals surface area (Å²) in [5, 5.41) is 0. The van der Waals surface area contributed by atoms with E-state index in [2.05, 4.69) is 33.6 Å². The van der Waals surface area contributed by atoms with E-state index in [0.29, 0.717) is 6.61 Å². The lowest BCUT2D eigenvalue weighted by molar-refractivity contribution is 0.317. The number of aromatic nitrogens is 1. The number of allylic oxidation sites excluding steroid dienone is 1. The van der Waals surface area contributed by atoms with Crippen molar-refractivity contribution in [1.82, 2.24) is 4.98 Å². The summed E-state index contributed by atoms with van der Waals surface area (Å²) in [6.45, 7) is 4.20. The van der Waals surface area contributed by atoms with Crippen LogP contribution >= 0.6 is 15.9 Å². The molecule has 0 N–H and O–H groups in total. The van der Waals surface area contributed by atoms with Crippen molar-refractivity contribution in [1.29, 1.82) is 0 Å². The van der Waals surface area contributed by atoms with Crippen LogP contribution in [-0.4, -0.2) is 11.6 Å². The third-order valence-corrected chi connectivity index (χ3v) is 2.25. The zero-order chi connectivity index (χ0) is 9.97. The number of ether oxygens (including phenoxy) is 1. The van der Waals surface area contributed by atoms with E-state index in [4.69, 9.17) is 4.74 Å². The van der Waals surface area contributed by atoms with Crippen LogP contribution in [0.3, 0.4) is 0 Å². The summed E-state index contributed by atoms with van der Waals surface area (Å²) >= 11 is 3.25. The van der Waals surface area contributed by atoms with Crippen LogP contribution in [0.1, 0.15) is 11.3 Å². The largest absolute Gasteiger partial charge is 0.486 e. The van der Waals surface area contributed by atoms with Gasteiger partial charge in [-0.2, -0.15) is 0 Å². The second-order valence-corrected chi connectivity index (χ2v) is 4.21. The Morgan fingerprint density at radius 1 is 1.64 bits per heavy atom. The first-order valence-corrected chi connectivity index (χ1v) is 5.17. The molecule has 2 rings (SSSR count). The summed E-state index contributed by atoms with van der Waals surface area (Å²) in [5.41, 5.74) is 2.18. The molecule has 0 saturated heterocycles. The number of halogens is 1. The molecule has 3 heteroatoms. The van der Waals surface area contributed by atoms with Crippen molar-refractivity contribution in [2.75, 3.05) is 6.61 Å². The van der Waals surface area contributed by atoms with Crippen LogP contribution in [0.15, 0.2) is 35.5 Å². The Balaban J connectivity index is 2.13. The Morgan fingerprint density at radius 2 is 2.50 bits per heavy atom. The van der Waals surface area contributed by atoms with Crippen LogP contribution in [0.5, 0.6) is 0 Å². The number of fused-ring (bicyclic) bond motifs is 1. The van der Waals surface area contributed by atoms with E-state index in [1.807, 2.05) is 12.1 Å². The molecule has 0 fully saturated rings. The van der Waals surface area contributed by atoms with Gasteiger partial charge in [0.1, 0.15) is 18.1 Å². The molecule has 0 amide bonds. The van der Waals surface area contributed by atoms with Gasteiger partial charge >= 0.3 is 0 Å². The molecule has 14 heavy (non-hydrogen) atoms. The van der Waals surface area contributed by atoms with Crippen molar-refractivity contribution in [2.24, 2.45) is 0 Å². The Kier molecular flexibility index (Phi) is 2.68. The third-order valence-electron chi connectivity index (χ3n) is 2.02. The minimum absolute atomic E-state index is 0.488. The van der Waals surface area contributed by atoms with Gasteiger partial charge in [0, 0.05) is 10.7 Å². The lowest BCUT2D eigenvalue weighted by atomic mass is 10.2. The van der Waals surface area contributed by atoms with Gasteiger partial charge in [0.05, 0.1) is 0 Å². The number of pyridine rings is 1. The molecule has 1 heterocycles. The molecule has 0 radical (unpaired) electrons.